The zero-order valence-electron chi connectivity index (χ0n) is 11.0. The second-order valence-corrected chi connectivity index (χ2v) is 4.97. The molecule has 2 heterocycles. The van der Waals surface area contributed by atoms with Gasteiger partial charge in [-0.15, -0.1) is 0 Å². The summed E-state index contributed by atoms with van der Waals surface area (Å²) in [7, 11) is 0. The van der Waals surface area contributed by atoms with Crippen LogP contribution in [0.2, 0.25) is 0 Å². The van der Waals surface area contributed by atoms with Crippen molar-refractivity contribution in [1.82, 2.24) is 10.3 Å². The molecule has 0 saturated heterocycles. The molecule has 0 spiro atoms. The van der Waals surface area contributed by atoms with Gasteiger partial charge in [-0.05, 0) is 30.2 Å². The van der Waals surface area contributed by atoms with E-state index in [9.17, 15) is 0 Å². The molecule has 0 bridgehead atoms. The number of para-hydroxylation sites is 1. The fourth-order valence-electron chi connectivity index (χ4n) is 2.43. The lowest BCUT2D eigenvalue weighted by atomic mass is 10.1. The summed E-state index contributed by atoms with van der Waals surface area (Å²) in [5.74, 6) is 1.03. The summed E-state index contributed by atoms with van der Waals surface area (Å²) >= 11 is 0. The van der Waals surface area contributed by atoms with Crippen LogP contribution in [0, 0.1) is 0 Å². The minimum Gasteiger partial charge on any atom is -0.488 e. The summed E-state index contributed by atoms with van der Waals surface area (Å²) in [5, 5.41) is 3.51. The van der Waals surface area contributed by atoms with Crippen molar-refractivity contribution < 1.29 is 4.74 Å². The van der Waals surface area contributed by atoms with Gasteiger partial charge in [0.2, 0.25) is 0 Å². The third-order valence-corrected chi connectivity index (χ3v) is 3.55. The fourth-order valence-corrected chi connectivity index (χ4v) is 2.43. The van der Waals surface area contributed by atoms with Crippen LogP contribution in [0.3, 0.4) is 0 Å². The Morgan fingerprint density at radius 2 is 2.21 bits per heavy atom. The van der Waals surface area contributed by atoms with Gasteiger partial charge in [-0.2, -0.15) is 0 Å². The van der Waals surface area contributed by atoms with Crippen molar-refractivity contribution in [2.24, 2.45) is 0 Å². The van der Waals surface area contributed by atoms with Crippen molar-refractivity contribution in [3.8, 4) is 5.75 Å². The van der Waals surface area contributed by atoms with E-state index in [0.717, 1.165) is 18.7 Å². The second kappa shape index (κ2) is 5.41. The third-order valence-electron chi connectivity index (χ3n) is 3.55. The minimum absolute atomic E-state index is 0.233. The maximum atomic E-state index is 5.92. The van der Waals surface area contributed by atoms with E-state index in [4.69, 9.17) is 4.74 Å². The molecule has 3 rings (SSSR count). The number of fused-ring (bicyclic) bond motifs is 1. The smallest absolute Gasteiger partial charge is 0.123 e. The maximum absolute atomic E-state index is 5.92. The van der Waals surface area contributed by atoms with Crippen LogP contribution in [-0.2, 0) is 6.42 Å². The Bertz CT molecular complexity index is 516. The largest absolute Gasteiger partial charge is 0.488 e. The summed E-state index contributed by atoms with van der Waals surface area (Å²) < 4.78 is 5.92. The van der Waals surface area contributed by atoms with E-state index in [0.29, 0.717) is 6.04 Å². The Morgan fingerprint density at radius 1 is 1.32 bits per heavy atom. The molecule has 98 valence electrons. The minimum atomic E-state index is 0.233. The number of hydrogen-bond donors (Lipinski definition) is 1. The van der Waals surface area contributed by atoms with Gasteiger partial charge < -0.3 is 10.1 Å². The molecule has 0 radical (unpaired) electrons. The lowest BCUT2D eigenvalue weighted by Crippen LogP contribution is -2.31. The molecule has 2 atom stereocenters. The van der Waals surface area contributed by atoms with Crippen LogP contribution in [-0.4, -0.2) is 17.6 Å². The zero-order valence-corrected chi connectivity index (χ0v) is 11.0. The molecule has 1 N–H and O–H groups in total. The summed E-state index contributed by atoms with van der Waals surface area (Å²) in [6, 6.07) is 12.6. The Morgan fingerprint density at radius 3 is 3.00 bits per heavy atom. The van der Waals surface area contributed by atoms with Crippen molar-refractivity contribution in [3.05, 3.63) is 59.9 Å². The van der Waals surface area contributed by atoms with Gasteiger partial charge >= 0.3 is 0 Å². The first-order valence-electron chi connectivity index (χ1n) is 6.71. The average Bonchev–Trinajstić information content (AvgIpc) is 2.88. The first kappa shape index (κ1) is 12.2. The van der Waals surface area contributed by atoms with Gasteiger partial charge in [0.25, 0.3) is 0 Å². The van der Waals surface area contributed by atoms with E-state index in [1.165, 1.54) is 11.1 Å². The fraction of sp³-hybridized carbons (Fsp3) is 0.312. The maximum Gasteiger partial charge on any atom is 0.123 e. The van der Waals surface area contributed by atoms with Gasteiger partial charge in [-0.1, -0.05) is 24.3 Å². The quantitative estimate of drug-likeness (QED) is 0.911. The van der Waals surface area contributed by atoms with E-state index < -0.39 is 0 Å². The van der Waals surface area contributed by atoms with Crippen LogP contribution in [0.1, 0.15) is 24.1 Å². The Balaban J connectivity index is 1.55. The number of nitrogens with zero attached hydrogens (tertiary/aromatic N) is 1. The van der Waals surface area contributed by atoms with Crippen LogP contribution in [0.25, 0.3) is 0 Å². The summed E-state index contributed by atoms with van der Waals surface area (Å²) in [6.07, 6.45) is 4.93. The predicted octanol–water partition coefficient (Wildman–Crippen LogP) is 2.74. The van der Waals surface area contributed by atoms with Gasteiger partial charge in [0.15, 0.2) is 0 Å². The molecule has 19 heavy (non-hydrogen) atoms. The van der Waals surface area contributed by atoms with Crippen molar-refractivity contribution in [2.45, 2.75) is 25.5 Å². The Kier molecular flexibility index (Phi) is 3.47. The van der Waals surface area contributed by atoms with Gasteiger partial charge in [-0.3, -0.25) is 4.98 Å². The normalized spacial score (nSPS) is 18.7. The third kappa shape index (κ3) is 2.76. The number of ether oxygens (including phenoxy) is 1. The monoisotopic (exact) mass is 254 g/mol. The molecule has 1 aromatic carbocycles. The van der Waals surface area contributed by atoms with Crippen molar-refractivity contribution in [1.29, 1.82) is 0 Å². The highest BCUT2D eigenvalue weighted by molar-refractivity contribution is 5.37. The molecule has 1 unspecified atom stereocenters. The highest BCUT2D eigenvalue weighted by Gasteiger charge is 2.22. The lowest BCUT2D eigenvalue weighted by molar-refractivity contribution is 0.222. The number of aromatic nitrogens is 1. The van der Waals surface area contributed by atoms with Crippen LogP contribution in [0.15, 0.2) is 48.8 Å². The molecular weight excluding hydrogens is 236 g/mol. The van der Waals surface area contributed by atoms with Gasteiger partial charge in [0.05, 0.1) is 0 Å². The predicted molar refractivity (Wildman–Crippen MR) is 75.2 cm³/mol. The molecule has 0 saturated carbocycles. The van der Waals surface area contributed by atoms with Gasteiger partial charge in [-0.25, -0.2) is 0 Å². The van der Waals surface area contributed by atoms with E-state index in [2.05, 4.69) is 35.4 Å². The van der Waals surface area contributed by atoms with Crippen LogP contribution in [0.5, 0.6) is 5.75 Å². The summed E-state index contributed by atoms with van der Waals surface area (Å²) in [6.45, 7) is 3.00. The zero-order chi connectivity index (χ0) is 13.1. The summed E-state index contributed by atoms with van der Waals surface area (Å²) in [4.78, 5) is 4.15. The molecule has 2 aromatic rings. The highest BCUT2D eigenvalue weighted by atomic mass is 16.5. The summed E-state index contributed by atoms with van der Waals surface area (Å²) in [5.41, 5.74) is 2.52. The molecule has 0 fully saturated rings. The lowest BCUT2D eigenvalue weighted by Gasteiger charge is -2.17. The molecule has 1 aromatic heterocycles. The Labute approximate surface area is 113 Å². The highest BCUT2D eigenvalue weighted by Crippen LogP contribution is 2.28. The number of hydrogen-bond acceptors (Lipinski definition) is 3. The van der Waals surface area contributed by atoms with Crippen molar-refractivity contribution >= 4 is 0 Å². The van der Waals surface area contributed by atoms with Crippen molar-refractivity contribution in [2.75, 3.05) is 6.54 Å². The average molecular weight is 254 g/mol. The van der Waals surface area contributed by atoms with Crippen LogP contribution >= 0.6 is 0 Å². The number of nitrogens with one attached hydrogen (secondary N) is 1. The van der Waals surface area contributed by atoms with Gasteiger partial charge in [0.1, 0.15) is 11.9 Å². The van der Waals surface area contributed by atoms with E-state index >= 15 is 0 Å². The first-order valence-corrected chi connectivity index (χ1v) is 6.71. The molecular formula is C16H18N2O. The Hall–Kier alpha value is -1.87. The topological polar surface area (TPSA) is 34.1 Å². The number of rotatable bonds is 4. The van der Waals surface area contributed by atoms with Crippen LogP contribution in [0.4, 0.5) is 0 Å². The first-order chi connectivity index (χ1) is 9.33. The van der Waals surface area contributed by atoms with Crippen LogP contribution < -0.4 is 10.1 Å². The van der Waals surface area contributed by atoms with E-state index in [1.807, 2.05) is 24.4 Å². The molecule has 1 aliphatic heterocycles. The molecule has 0 amide bonds. The number of pyridine rings is 1. The van der Waals surface area contributed by atoms with E-state index in [-0.39, 0.29) is 6.10 Å². The second-order valence-electron chi connectivity index (χ2n) is 4.97. The van der Waals surface area contributed by atoms with Gasteiger partial charge in [0, 0.05) is 31.4 Å². The van der Waals surface area contributed by atoms with Crippen molar-refractivity contribution in [3.63, 3.8) is 0 Å². The molecule has 3 nitrogen and oxygen atoms in total. The number of benzene rings is 1. The SMILES string of the molecule is C[C@H](NCC1Cc2ccccc2O1)c1cccnc1. The molecule has 0 aliphatic carbocycles. The standard InChI is InChI=1S/C16H18N2O/c1-12(14-6-4-8-17-10-14)18-11-15-9-13-5-2-3-7-16(13)19-15/h2-8,10,12,15,18H,9,11H2,1H3/t12-,15?/m0/s1. The molecule has 1 aliphatic rings. The van der Waals surface area contributed by atoms with E-state index in [1.54, 1.807) is 6.20 Å². The molecule has 3 heteroatoms.